The van der Waals surface area contributed by atoms with Crippen LogP contribution in [0.1, 0.15) is 17.4 Å². The van der Waals surface area contributed by atoms with Gasteiger partial charge < -0.3 is 10.5 Å². The van der Waals surface area contributed by atoms with E-state index in [1.807, 2.05) is 24.3 Å². The second-order valence-corrected chi connectivity index (χ2v) is 3.73. The van der Waals surface area contributed by atoms with Gasteiger partial charge in [-0.1, -0.05) is 18.2 Å². The summed E-state index contributed by atoms with van der Waals surface area (Å²) in [6, 6.07) is 9.39. The highest BCUT2D eigenvalue weighted by Crippen LogP contribution is 2.21. The normalized spacial score (nSPS) is 12.1. The first-order chi connectivity index (χ1) is 8.31. The first kappa shape index (κ1) is 11.5. The van der Waals surface area contributed by atoms with E-state index in [9.17, 15) is 0 Å². The van der Waals surface area contributed by atoms with Crippen molar-refractivity contribution in [1.82, 2.24) is 9.97 Å². The molecule has 0 spiro atoms. The van der Waals surface area contributed by atoms with Crippen molar-refractivity contribution in [2.24, 2.45) is 5.73 Å². The summed E-state index contributed by atoms with van der Waals surface area (Å²) in [5.41, 5.74) is 7.13. The minimum Gasteiger partial charge on any atom is -0.496 e. The summed E-state index contributed by atoms with van der Waals surface area (Å²) < 4.78 is 5.29. The molecule has 1 aromatic heterocycles. The van der Waals surface area contributed by atoms with Gasteiger partial charge in [0.05, 0.1) is 13.2 Å². The Kier molecular flexibility index (Phi) is 3.67. The summed E-state index contributed by atoms with van der Waals surface area (Å²) in [5.74, 6) is 1.50. The maximum absolute atomic E-state index is 6.07. The summed E-state index contributed by atoms with van der Waals surface area (Å²) in [6.07, 6.45) is 4.06. The molecule has 0 radical (unpaired) electrons. The Morgan fingerprint density at radius 3 is 2.59 bits per heavy atom. The highest BCUT2D eigenvalue weighted by Gasteiger charge is 2.12. The van der Waals surface area contributed by atoms with Gasteiger partial charge >= 0.3 is 0 Å². The van der Waals surface area contributed by atoms with Gasteiger partial charge in [0.2, 0.25) is 0 Å². The molecule has 0 bridgehead atoms. The summed E-state index contributed by atoms with van der Waals surface area (Å²) in [7, 11) is 1.66. The lowest BCUT2D eigenvalue weighted by Gasteiger charge is -2.12. The van der Waals surface area contributed by atoms with Crippen LogP contribution >= 0.6 is 0 Å². The summed E-state index contributed by atoms with van der Waals surface area (Å²) in [4.78, 5) is 8.31. The molecule has 2 rings (SSSR count). The van der Waals surface area contributed by atoms with Crippen LogP contribution in [0.5, 0.6) is 5.75 Å². The van der Waals surface area contributed by atoms with Crippen molar-refractivity contribution in [3.05, 3.63) is 54.1 Å². The molecule has 1 unspecified atom stereocenters. The van der Waals surface area contributed by atoms with Crippen molar-refractivity contribution in [3.63, 3.8) is 0 Å². The van der Waals surface area contributed by atoms with Gasteiger partial charge in [0.15, 0.2) is 0 Å². The zero-order chi connectivity index (χ0) is 12.1. The quantitative estimate of drug-likeness (QED) is 0.867. The Morgan fingerprint density at radius 1 is 1.18 bits per heavy atom. The molecule has 4 heteroatoms. The van der Waals surface area contributed by atoms with Crippen LogP contribution in [-0.2, 0) is 6.42 Å². The second-order valence-electron chi connectivity index (χ2n) is 3.73. The lowest BCUT2D eigenvalue weighted by molar-refractivity contribution is 0.407. The smallest absolute Gasteiger partial charge is 0.145 e. The third-order valence-electron chi connectivity index (χ3n) is 2.55. The molecule has 0 saturated carbocycles. The summed E-state index contributed by atoms with van der Waals surface area (Å²) >= 11 is 0. The van der Waals surface area contributed by atoms with E-state index in [4.69, 9.17) is 10.5 Å². The van der Waals surface area contributed by atoms with E-state index in [0.717, 1.165) is 11.3 Å². The molecule has 4 nitrogen and oxygen atoms in total. The maximum atomic E-state index is 6.07. The minimum atomic E-state index is -0.215. The molecule has 0 aliphatic carbocycles. The van der Waals surface area contributed by atoms with Gasteiger partial charge in [-0.2, -0.15) is 0 Å². The van der Waals surface area contributed by atoms with E-state index in [1.165, 1.54) is 0 Å². The largest absolute Gasteiger partial charge is 0.496 e. The van der Waals surface area contributed by atoms with E-state index in [-0.39, 0.29) is 6.04 Å². The highest BCUT2D eigenvalue weighted by molar-refractivity contribution is 5.34. The number of para-hydroxylation sites is 1. The number of aromatic nitrogens is 2. The maximum Gasteiger partial charge on any atom is 0.145 e. The molecule has 2 N–H and O–H groups in total. The lowest BCUT2D eigenvalue weighted by Crippen LogP contribution is -2.16. The lowest BCUT2D eigenvalue weighted by atomic mass is 10.1. The van der Waals surface area contributed by atoms with Crippen molar-refractivity contribution >= 4 is 0 Å². The number of hydrogen-bond acceptors (Lipinski definition) is 4. The van der Waals surface area contributed by atoms with Crippen LogP contribution in [0.2, 0.25) is 0 Å². The minimum absolute atomic E-state index is 0.215. The van der Waals surface area contributed by atoms with Crippen molar-refractivity contribution in [3.8, 4) is 5.75 Å². The number of nitrogens with two attached hydrogens (primary N) is 1. The van der Waals surface area contributed by atoms with Gasteiger partial charge in [0.25, 0.3) is 0 Å². The van der Waals surface area contributed by atoms with Crippen molar-refractivity contribution < 1.29 is 4.74 Å². The Hall–Kier alpha value is -1.94. The van der Waals surface area contributed by atoms with Crippen LogP contribution in [0.15, 0.2) is 42.7 Å². The summed E-state index contributed by atoms with van der Waals surface area (Å²) in [6.45, 7) is 0. The third kappa shape index (κ3) is 2.79. The Bertz CT molecular complexity index is 473. The average molecular weight is 229 g/mol. The standard InChI is InChI=1S/C13H15N3O/c1-17-12-6-3-2-5-10(12)9-11(14)13-15-7-4-8-16-13/h2-8,11H,9,14H2,1H3. The van der Waals surface area contributed by atoms with E-state index in [2.05, 4.69) is 9.97 Å². The van der Waals surface area contributed by atoms with E-state index >= 15 is 0 Å². The van der Waals surface area contributed by atoms with Crippen molar-refractivity contribution in [2.75, 3.05) is 7.11 Å². The number of ether oxygens (including phenoxy) is 1. The fourth-order valence-electron chi connectivity index (χ4n) is 1.70. The predicted molar refractivity (Wildman–Crippen MR) is 65.7 cm³/mol. The number of benzene rings is 1. The van der Waals surface area contributed by atoms with Crippen molar-refractivity contribution in [2.45, 2.75) is 12.5 Å². The van der Waals surface area contributed by atoms with Crippen LogP contribution in [0.25, 0.3) is 0 Å². The van der Waals surface area contributed by atoms with Gasteiger partial charge in [-0.3, -0.25) is 0 Å². The molecule has 1 aromatic carbocycles. The van der Waals surface area contributed by atoms with Crippen LogP contribution in [0, 0.1) is 0 Å². The molecule has 0 aliphatic heterocycles. The van der Waals surface area contributed by atoms with Crippen LogP contribution < -0.4 is 10.5 Å². The van der Waals surface area contributed by atoms with Crippen LogP contribution in [0.4, 0.5) is 0 Å². The first-order valence-electron chi connectivity index (χ1n) is 5.45. The molecule has 1 heterocycles. The molecule has 17 heavy (non-hydrogen) atoms. The third-order valence-corrected chi connectivity index (χ3v) is 2.55. The number of hydrogen-bond donors (Lipinski definition) is 1. The zero-order valence-corrected chi connectivity index (χ0v) is 9.71. The molecule has 1 atom stereocenters. The highest BCUT2D eigenvalue weighted by atomic mass is 16.5. The number of rotatable bonds is 4. The monoisotopic (exact) mass is 229 g/mol. The Morgan fingerprint density at radius 2 is 1.88 bits per heavy atom. The average Bonchev–Trinajstić information content (AvgIpc) is 2.40. The van der Waals surface area contributed by atoms with Gasteiger partial charge in [-0.05, 0) is 24.1 Å². The molecule has 2 aromatic rings. The first-order valence-corrected chi connectivity index (χ1v) is 5.45. The Balaban J connectivity index is 2.16. The molecule has 0 amide bonds. The molecule has 0 fully saturated rings. The van der Waals surface area contributed by atoms with Gasteiger partial charge in [-0.25, -0.2) is 9.97 Å². The topological polar surface area (TPSA) is 61.0 Å². The number of nitrogens with zero attached hydrogens (tertiary/aromatic N) is 2. The Labute approximate surface area is 100 Å². The second kappa shape index (κ2) is 5.41. The molecular formula is C13H15N3O. The summed E-state index contributed by atoms with van der Waals surface area (Å²) in [5, 5.41) is 0. The van der Waals surface area contributed by atoms with E-state index in [0.29, 0.717) is 12.2 Å². The van der Waals surface area contributed by atoms with Gasteiger partial charge in [0, 0.05) is 12.4 Å². The number of methoxy groups -OCH3 is 1. The fourth-order valence-corrected chi connectivity index (χ4v) is 1.70. The van der Waals surface area contributed by atoms with Gasteiger partial charge in [0.1, 0.15) is 11.6 Å². The zero-order valence-electron chi connectivity index (χ0n) is 9.71. The van der Waals surface area contributed by atoms with Gasteiger partial charge in [-0.15, -0.1) is 0 Å². The molecule has 0 saturated heterocycles. The van der Waals surface area contributed by atoms with Crippen LogP contribution in [-0.4, -0.2) is 17.1 Å². The van der Waals surface area contributed by atoms with E-state index in [1.54, 1.807) is 25.6 Å². The SMILES string of the molecule is COc1ccccc1CC(N)c1ncccn1. The predicted octanol–water partition coefficient (Wildman–Crippen LogP) is 1.73. The van der Waals surface area contributed by atoms with Crippen molar-refractivity contribution in [1.29, 1.82) is 0 Å². The molecular weight excluding hydrogens is 214 g/mol. The van der Waals surface area contributed by atoms with E-state index < -0.39 is 0 Å². The van der Waals surface area contributed by atoms with Crippen LogP contribution in [0.3, 0.4) is 0 Å². The molecule has 88 valence electrons. The molecule has 0 aliphatic rings. The fraction of sp³-hybridized carbons (Fsp3) is 0.231.